The second kappa shape index (κ2) is 11.3. The third kappa shape index (κ3) is 6.22. The van der Waals surface area contributed by atoms with Crippen molar-refractivity contribution < 1.29 is 24.2 Å². The first-order valence-electron chi connectivity index (χ1n) is 11.3. The SMILES string of the molecule is CO[C@@H](Cc1ccc(-c2cccc(COc3cccc(C(=O)c4ccccc4)c3)c2)cc1)C(=O)O. The second-order valence-electron chi connectivity index (χ2n) is 8.18. The number of methoxy groups -OCH3 is 1. The number of hydrogen-bond acceptors (Lipinski definition) is 4. The summed E-state index contributed by atoms with van der Waals surface area (Å²) in [5.41, 5.74) is 5.18. The largest absolute Gasteiger partial charge is 0.489 e. The molecule has 176 valence electrons. The van der Waals surface area contributed by atoms with Gasteiger partial charge in [0.25, 0.3) is 0 Å². The minimum absolute atomic E-state index is 0.0401. The molecule has 0 aliphatic rings. The molecule has 0 amide bonds. The lowest BCUT2D eigenvalue weighted by Crippen LogP contribution is -2.24. The summed E-state index contributed by atoms with van der Waals surface area (Å²) < 4.78 is 11.0. The van der Waals surface area contributed by atoms with Gasteiger partial charge in [-0.05, 0) is 40.5 Å². The predicted octanol–water partition coefficient (Wildman–Crippen LogP) is 5.81. The lowest BCUT2D eigenvalue weighted by atomic mass is 10.00. The van der Waals surface area contributed by atoms with Gasteiger partial charge in [-0.2, -0.15) is 0 Å². The van der Waals surface area contributed by atoms with Gasteiger partial charge in [0, 0.05) is 24.7 Å². The number of carboxylic acids is 1. The quantitative estimate of drug-likeness (QED) is 0.299. The molecule has 0 saturated carbocycles. The summed E-state index contributed by atoms with van der Waals surface area (Å²) in [6.45, 7) is 0.364. The van der Waals surface area contributed by atoms with Gasteiger partial charge >= 0.3 is 5.97 Å². The van der Waals surface area contributed by atoms with E-state index >= 15 is 0 Å². The van der Waals surface area contributed by atoms with Gasteiger partial charge in [0.15, 0.2) is 11.9 Å². The summed E-state index contributed by atoms with van der Waals surface area (Å²) in [6, 6.07) is 32.2. The number of rotatable bonds is 10. The third-order valence-corrected chi connectivity index (χ3v) is 5.73. The van der Waals surface area contributed by atoms with Crippen molar-refractivity contribution in [1.29, 1.82) is 0 Å². The molecule has 0 saturated heterocycles. The lowest BCUT2D eigenvalue weighted by Gasteiger charge is -2.12. The van der Waals surface area contributed by atoms with Gasteiger partial charge in [0.1, 0.15) is 12.4 Å². The highest BCUT2D eigenvalue weighted by molar-refractivity contribution is 6.09. The molecule has 0 aliphatic heterocycles. The van der Waals surface area contributed by atoms with Crippen molar-refractivity contribution in [3.63, 3.8) is 0 Å². The zero-order valence-corrected chi connectivity index (χ0v) is 19.4. The number of carbonyl (C=O) groups is 2. The fourth-order valence-electron chi connectivity index (χ4n) is 3.81. The Morgan fingerprint density at radius 1 is 0.743 bits per heavy atom. The van der Waals surface area contributed by atoms with Crippen LogP contribution in [0.4, 0.5) is 0 Å². The van der Waals surface area contributed by atoms with Crippen LogP contribution in [-0.4, -0.2) is 30.1 Å². The molecule has 4 rings (SSSR count). The Morgan fingerprint density at radius 3 is 2.17 bits per heavy atom. The van der Waals surface area contributed by atoms with Crippen molar-refractivity contribution in [3.8, 4) is 16.9 Å². The number of benzene rings is 4. The Bertz CT molecular complexity index is 1300. The van der Waals surface area contributed by atoms with Crippen LogP contribution in [0.2, 0.25) is 0 Å². The Kier molecular flexibility index (Phi) is 7.70. The molecule has 5 heteroatoms. The first-order chi connectivity index (χ1) is 17.0. The van der Waals surface area contributed by atoms with Crippen molar-refractivity contribution >= 4 is 11.8 Å². The van der Waals surface area contributed by atoms with Gasteiger partial charge in [0.05, 0.1) is 0 Å². The van der Waals surface area contributed by atoms with E-state index in [1.54, 1.807) is 24.3 Å². The van der Waals surface area contributed by atoms with E-state index < -0.39 is 12.1 Å². The maximum atomic E-state index is 12.7. The molecule has 0 heterocycles. The zero-order valence-electron chi connectivity index (χ0n) is 19.4. The van der Waals surface area contributed by atoms with Gasteiger partial charge in [-0.15, -0.1) is 0 Å². The van der Waals surface area contributed by atoms with Crippen LogP contribution in [0.15, 0.2) is 103 Å². The summed E-state index contributed by atoms with van der Waals surface area (Å²) in [5, 5.41) is 9.17. The maximum Gasteiger partial charge on any atom is 0.333 e. The van der Waals surface area contributed by atoms with Crippen LogP contribution >= 0.6 is 0 Å². The Hall–Kier alpha value is -4.22. The fraction of sp³-hybridized carbons (Fsp3) is 0.133. The molecule has 4 aromatic carbocycles. The molecule has 35 heavy (non-hydrogen) atoms. The van der Waals surface area contributed by atoms with Crippen LogP contribution in [0, 0.1) is 0 Å². The molecule has 0 unspecified atom stereocenters. The first-order valence-corrected chi connectivity index (χ1v) is 11.3. The molecule has 5 nitrogen and oxygen atoms in total. The van der Waals surface area contributed by atoms with Gasteiger partial charge in [0.2, 0.25) is 0 Å². The summed E-state index contributed by atoms with van der Waals surface area (Å²) in [5.74, 6) is -0.381. The van der Waals surface area contributed by atoms with E-state index in [2.05, 4.69) is 6.07 Å². The van der Waals surface area contributed by atoms with Crippen LogP contribution in [0.5, 0.6) is 5.75 Å². The fourth-order valence-corrected chi connectivity index (χ4v) is 3.81. The van der Waals surface area contributed by atoms with Crippen LogP contribution in [0.1, 0.15) is 27.0 Å². The van der Waals surface area contributed by atoms with E-state index in [0.717, 1.165) is 22.3 Å². The van der Waals surface area contributed by atoms with Gasteiger partial charge in [-0.25, -0.2) is 4.79 Å². The summed E-state index contributed by atoms with van der Waals surface area (Å²) in [7, 11) is 1.40. The first kappa shape index (κ1) is 23.9. The lowest BCUT2D eigenvalue weighted by molar-refractivity contribution is -0.148. The summed E-state index contributed by atoms with van der Waals surface area (Å²) >= 11 is 0. The average Bonchev–Trinajstić information content (AvgIpc) is 2.91. The molecular weight excluding hydrogens is 440 g/mol. The van der Waals surface area contributed by atoms with Crippen molar-refractivity contribution in [2.45, 2.75) is 19.1 Å². The highest BCUT2D eigenvalue weighted by Gasteiger charge is 2.16. The van der Waals surface area contributed by atoms with Crippen LogP contribution in [0.3, 0.4) is 0 Å². The standard InChI is InChI=1S/C30H26O5/c1-34-28(30(32)33)18-21-13-15-23(16-14-21)25-10-5-7-22(17-25)20-35-27-12-6-11-26(19-27)29(31)24-8-3-2-4-9-24/h2-17,19,28H,18,20H2,1H3,(H,32,33)/t28-/m0/s1. The number of carbonyl (C=O) groups excluding carboxylic acids is 1. The normalized spacial score (nSPS) is 11.6. The second-order valence-corrected chi connectivity index (χ2v) is 8.18. The zero-order chi connectivity index (χ0) is 24.6. The minimum atomic E-state index is -0.973. The van der Waals surface area contributed by atoms with E-state index in [1.807, 2.05) is 72.8 Å². The summed E-state index contributed by atoms with van der Waals surface area (Å²) in [4.78, 5) is 23.9. The number of aliphatic carboxylic acids is 1. The molecule has 4 aromatic rings. The molecular formula is C30H26O5. The number of carboxylic acid groups (broad SMARTS) is 1. The molecule has 0 spiro atoms. The molecule has 0 fully saturated rings. The molecule has 1 atom stereocenters. The van der Waals surface area contributed by atoms with Gasteiger partial charge in [-0.3, -0.25) is 4.79 Å². The van der Waals surface area contributed by atoms with Crippen molar-refractivity contribution in [3.05, 3.63) is 125 Å². The van der Waals surface area contributed by atoms with Crippen molar-refractivity contribution in [2.24, 2.45) is 0 Å². The van der Waals surface area contributed by atoms with Crippen molar-refractivity contribution in [1.82, 2.24) is 0 Å². The number of ketones is 1. The average molecular weight is 467 g/mol. The molecule has 1 N–H and O–H groups in total. The Morgan fingerprint density at radius 2 is 1.46 bits per heavy atom. The molecule has 0 aromatic heterocycles. The van der Waals surface area contributed by atoms with E-state index in [-0.39, 0.29) is 5.78 Å². The molecule has 0 radical (unpaired) electrons. The van der Waals surface area contributed by atoms with Crippen molar-refractivity contribution in [2.75, 3.05) is 7.11 Å². The van der Waals surface area contributed by atoms with E-state index in [4.69, 9.17) is 9.47 Å². The van der Waals surface area contributed by atoms with E-state index in [9.17, 15) is 14.7 Å². The molecule has 0 aliphatic carbocycles. The monoisotopic (exact) mass is 466 g/mol. The minimum Gasteiger partial charge on any atom is -0.489 e. The van der Waals surface area contributed by atoms with Gasteiger partial charge in [-0.1, -0.05) is 84.9 Å². The maximum absolute atomic E-state index is 12.7. The summed E-state index contributed by atoms with van der Waals surface area (Å²) in [6.07, 6.45) is -0.547. The highest BCUT2D eigenvalue weighted by Crippen LogP contribution is 2.23. The van der Waals surface area contributed by atoms with E-state index in [1.165, 1.54) is 7.11 Å². The third-order valence-electron chi connectivity index (χ3n) is 5.73. The Balaban J connectivity index is 1.42. The molecule has 0 bridgehead atoms. The topological polar surface area (TPSA) is 72.8 Å². The Labute approximate surface area is 204 Å². The van der Waals surface area contributed by atoms with Crippen LogP contribution in [0.25, 0.3) is 11.1 Å². The highest BCUT2D eigenvalue weighted by atomic mass is 16.5. The van der Waals surface area contributed by atoms with Crippen LogP contribution < -0.4 is 4.74 Å². The van der Waals surface area contributed by atoms with Crippen LogP contribution in [-0.2, 0) is 22.6 Å². The number of ether oxygens (including phenoxy) is 2. The number of hydrogen-bond donors (Lipinski definition) is 1. The van der Waals surface area contributed by atoms with E-state index in [0.29, 0.717) is 29.9 Å². The van der Waals surface area contributed by atoms with Gasteiger partial charge < -0.3 is 14.6 Å². The predicted molar refractivity (Wildman–Crippen MR) is 135 cm³/mol. The smallest absolute Gasteiger partial charge is 0.333 e.